The van der Waals surface area contributed by atoms with Crippen molar-refractivity contribution in [3.8, 4) is 11.3 Å². The van der Waals surface area contributed by atoms with E-state index in [2.05, 4.69) is 9.93 Å². The molecule has 0 aliphatic heterocycles. The zero-order valence-corrected chi connectivity index (χ0v) is 14.0. The van der Waals surface area contributed by atoms with Crippen molar-refractivity contribution in [3.63, 3.8) is 0 Å². The summed E-state index contributed by atoms with van der Waals surface area (Å²) in [5.74, 6) is 0. The van der Waals surface area contributed by atoms with Gasteiger partial charge in [-0.15, -0.1) is 0 Å². The van der Waals surface area contributed by atoms with E-state index in [1.54, 1.807) is 42.5 Å². The Labute approximate surface area is 144 Å². The van der Waals surface area contributed by atoms with Gasteiger partial charge in [0, 0.05) is 5.56 Å². The van der Waals surface area contributed by atoms with Crippen molar-refractivity contribution < 1.29 is 13.5 Å². The van der Waals surface area contributed by atoms with Crippen molar-refractivity contribution in [1.29, 1.82) is 0 Å². The van der Waals surface area contributed by atoms with E-state index in [4.69, 9.17) is 11.6 Å². The lowest BCUT2D eigenvalue weighted by Gasteiger charge is -2.11. The highest BCUT2D eigenvalue weighted by molar-refractivity contribution is 7.92. The van der Waals surface area contributed by atoms with Gasteiger partial charge in [-0.05, 0) is 12.1 Å². The Bertz CT molecular complexity index is 941. The molecule has 0 saturated carbocycles. The summed E-state index contributed by atoms with van der Waals surface area (Å²) >= 11 is 6.26. The summed E-state index contributed by atoms with van der Waals surface area (Å²) in [4.78, 5) is 3.55. The quantitative estimate of drug-likeness (QED) is 0.729. The summed E-state index contributed by atoms with van der Waals surface area (Å²) in [6.45, 7) is -0.404. The predicted octanol–water partition coefficient (Wildman–Crippen LogP) is 2.63. The second kappa shape index (κ2) is 6.64. The van der Waals surface area contributed by atoms with Gasteiger partial charge >= 0.3 is 0 Å². The highest BCUT2D eigenvalue weighted by atomic mass is 35.5. The molecule has 0 fully saturated rings. The van der Waals surface area contributed by atoms with E-state index in [-0.39, 0.29) is 15.6 Å². The molecule has 2 aromatic carbocycles. The lowest BCUT2D eigenvalue weighted by molar-refractivity contribution is 0.276. The molecule has 0 radical (unpaired) electrons. The van der Waals surface area contributed by atoms with Crippen LogP contribution in [0.25, 0.3) is 11.3 Å². The number of halogens is 1. The summed E-state index contributed by atoms with van der Waals surface area (Å²) in [5.41, 5.74) is 1.22. The first kappa shape index (κ1) is 16.5. The second-order valence-electron chi connectivity index (χ2n) is 4.95. The van der Waals surface area contributed by atoms with Crippen molar-refractivity contribution in [2.75, 3.05) is 4.83 Å². The first-order chi connectivity index (χ1) is 11.5. The fourth-order valence-electron chi connectivity index (χ4n) is 2.22. The Hall–Kier alpha value is -2.35. The first-order valence-corrected chi connectivity index (χ1v) is 8.90. The van der Waals surface area contributed by atoms with Crippen LogP contribution in [0.1, 0.15) is 5.69 Å². The number of hydrogen-bond donors (Lipinski definition) is 2. The van der Waals surface area contributed by atoms with E-state index in [9.17, 15) is 13.5 Å². The van der Waals surface area contributed by atoms with Crippen LogP contribution in [0.2, 0.25) is 5.02 Å². The third-order valence-electron chi connectivity index (χ3n) is 3.35. The number of rotatable bonds is 5. The van der Waals surface area contributed by atoms with Gasteiger partial charge in [0.15, 0.2) is 0 Å². The van der Waals surface area contributed by atoms with Crippen molar-refractivity contribution >= 4 is 21.6 Å². The van der Waals surface area contributed by atoms with Crippen molar-refractivity contribution in [2.24, 2.45) is 0 Å². The topological polar surface area (TPSA) is 84.2 Å². The molecule has 8 heteroatoms. The van der Waals surface area contributed by atoms with Crippen LogP contribution < -0.4 is 4.83 Å². The standard InChI is InChI=1S/C16H14ClN3O3S/c17-15-14(11-21)18-20(16(15)12-7-3-1-4-8-12)19-24(22,23)13-9-5-2-6-10-13/h1-10,19,21H,11H2. The Kier molecular flexibility index (Phi) is 4.57. The van der Waals surface area contributed by atoms with Gasteiger partial charge in [0.1, 0.15) is 11.4 Å². The maximum atomic E-state index is 12.5. The summed E-state index contributed by atoms with van der Waals surface area (Å²) in [6, 6.07) is 16.9. The smallest absolute Gasteiger partial charge is 0.276 e. The van der Waals surface area contributed by atoms with E-state index in [1.807, 2.05) is 6.07 Å². The molecule has 0 bridgehead atoms. The van der Waals surface area contributed by atoms with Gasteiger partial charge in [0.05, 0.1) is 16.5 Å². The maximum Gasteiger partial charge on any atom is 0.276 e. The minimum Gasteiger partial charge on any atom is -0.390 e. The zero-order valence-electron chi connectivity index (χ0n) is 12.4. The minimum atomic E-state index is -3.85. The van der Waals surface area contributed by atoms with Gasteiger partial charge in [-0.25, -0.2) is 0 Å². The molecule has 0 atom stereocenters. The molecule has 6 nitrogen and oxygen atoms in total. The molecule has 0 saturated heterocycles. The lowest BCUT2D eigenvalue weighted by atomic mass is 10.1. The van der Waals surface area contributed by atoms with Crippen LogP contribution in [-0.2, 0) is 16.6 Å². The van der Waals surface area contributed by atoms with Gasteiger partial charge in [0.25, 0.3) is 10.0 Å². The molecule has 124 valence electrons. The molecular formula is C16H14ClN3O3S. The molecule has 3 rings (SSSR count). The molecular weight excluding hydrogens is 350 g/mol. The van der Waals surface area contributed by atoms with Gasteiger partial charge in [0.2, 0.25) is 0 Å². The number of hydrogen-bond acceptors (Lipinski definition) is 4. The molecule has 1 heterocycles. The molecule has 2 N–H and O–H groups in total. The van der Waals surface area contributed by atoms with Crippen molar-refractivity contribution in [3.05, 3.63) is 71.4 Å². The molecule has 0 amide bonds. The van der Waals surface area contributed by atoms with Crippen LogP contribution in [-0.4, -0.2) is 23.4 Å². The van der Waals surface area contributed by atoms with Gasteiger partial charge in [-0.1, -0.05) is 60.1 Å². The molecule has 0 unspecified atom stereocenters. The summed E-state index contributed by atoms with van der Waals surface area (Å²) in [5, 5.41) is 13.6. The summed E-state index contributed by atoms with van der Waals surface area (Å²) in [6.07, 6.45) is 0. The predicted molar refractivity (Wildman–Crippen MR) is 91.6 cm³/mol. The van der Waals surface area contributed by atoms with Crippen molar-refractivity contribution in [1.82, 2.24) is 9.89 Å². The number of aliphatic hydroxyl groups is 1. The number of aromatic nitrogens is 2. The third-order valence-corrected chi connectivity index (χ3v) is 5.05. The van der Waals surface area contributed by atoms with Crippen molar-refractivity contribution in [2.45, 2.75) is 11.5 Å². The Balaban J connectivity index is 2.09. The Morgan fingerprint density at radius 1 is 1.04 bits per heavy atom. The third kappa shape index (κ3) is 3.14. The number of aliphatic hydroxyl groups excluding tert-OH is 1. The zero-order chi connectivity index (χ0) is 17.2. The van der Waals surface area contributed by atoms with E-state index in [0.717, 1.165) is 4.79 Å². The van der Waals surface area contributed by atoms with Gasteiger partial charge in [-0.2, -0.15) is 23.1 Å². The van der Waals surface area contributed by atoms with Crippen LogP contribution in [0.4, 0.5) is 0 Å². The molecule has 1 aromatic heterocycles. The normalized spacial score (nSPS) is 11.4. The Morgan fingerprint density at radius 2 is 1.62 bits per heavy atom. The van der Waals surface area contributed by atoms with Crippen LogP contribution >= 0.6 is 11.6 Å². The molecule has 0 aliphatic rings. The number of nitrogens with one attached hydrogen (secondary N) is 1. The molecule has 24 heavy (non-hydrogen) atoms. The van der Waals surface area contributed by atoms with Gasteiger partial charge < -0.3 is 5.11 Å². The van der Waals surface area contributed by atoms with E-state index >= 15 is 0 Å². The SMILES string of the molecule is O=S(=O)(Nn1nc(CO)c(Cl)c1-c1ccccc1)c1ccccc1. The number of sulfonamides is 1. The largest absolute Gasteiger partial charge is 0.390 e. The average molecular weight is 364 g/mol. The molecule has 3 aromatic rings. The first-order valence-electron chi connectivity index (χ1n) is 7.04. The minimum absolute atomic E-state index is 0.0983. The molecule has 0 aliphatic carbocycles. The highest BCUT2D eigenvalue weighted by Crippen LogP contribution is 2.30. The average Bonchev–Trinajstić information content (AvgIpc) is 2.91. The van der Waals surface area contributed by atoms with E-state index in [0.29, 0.717) is 11.3 Å². The number of benzene rings is 2. The molecule has 0 spiro atoms. The second-order valence-corrected chi connectivity index (χ2v) is 6.99. The monoisotopic (exact) mass is 363 g/mol. The van der Waals surface area contributed by atoms with Crippen LogP contribution in [0, 0.1) is 0 Å². The number of nitrogens with zero attached hydrogens (tertiary/aromatic N) is 2. The highest BCUT2D eigenvalue weighted by Gasteiger charge is 2.22. The lowest BCUT2D eigenvalue weighted by Crippen LogP contribution is -2.25. The fourth-order valence-corrected chi connectivity index (χ4v) is 3.49. The van der Waals surface area contributed by atoms with Crippen LogP contribution in [0.5, 0.6) is 0 Å². The summed E-state index contributed by atoms with van der Waals surface area (Å²) in [7, 11) is -3.85. The van der Waals surface area contributed by atoms with Gasteiger partial charge in [-0.3, -0.25) is 0 Å². The fraction of sp³-hybridized carbons (Fsp3) is 0.0625. The summed E-state index contributed by atoms with van der Waals surface area (Å²) < 4.78 is 25.0. The van der Waals surface area contributed by atoms with Crippen LogP contribution in [0.3, 0.4) is 0 Å². The van der Waals surface area contributed by atoms with Crippen LogP contribution in [0.15, 0.2) is 65.6 Å². The van der Waals surface area contributed by atoms with E-state index in [1.165, 1.54) is 12.1 Å². The van der Waals surface area contributed by atoms with E-state index < -0.39 is 16.6 Å². The Morgan fingerprint density at radius 3 is 2.21 bits per heavy atom. The maximum absolute atomic E-state index is 12.5.